The van der Waals surface area contributed by atoms with Crippen molar-refractivity contribution in [3.63, 3.8) is 0 Å². The Morgan fingerprint density at radius 3 is 2.38 bits per heavy atom. The van der Waals surface area contributed by atoms with E-state index in [0.29, 0.717) is 0 Å². The molecule has 0 aliphatic heterocycles. The lowest BCUT2D eigenvalue weighted by Gasteiger charge is -2.19. The summed E-state index contributed by atoms with van der Waals surface area (Å²) in [6.45, 7) is 1.84. The van der Waals surface area contributed by atoms with Gasteiger partial charge in [0.05, 0.1) is 0 Å². The Labute approximate surface area is 78.1 Å². The fraction of sp³-hybridized carbons (Fsp3) is 0.444. The van der Waals surface area contributed by atoms with E-state index in [2.05, 4.69) is 5.43 Å². The summed E-state index contributed by atoms with van der Waals surface area (Å²) in [5, 5.41) is 0. The minimum Gasteiger partial charge on any atom is -0.347 e. The molecule has 0 aromatic carbocycles. The van der Waals surface area contributed by atoms with Crippen molar-refractivity contribution in [1.29, 1.82) is 0 Å². The molecule has 1 unspecified atom stereocenters. The zero-order chi connectivity index (χ0) is 9.84. The normalized spacial score (nSPS) is 12.2. The predicted molar refractivity (Wildman–Crippen MR) is 51.9 cm³/mol. The van der Waals surface area contributed by atoms with E-state index in [1.54, 1.807) is 23.7 Å². The Morgan fingerprint density at radius 1 is 1.38 bits per heavy atom. The van der Waals surface area contributed by atoms with Crippen LogP contribution in [0.25, 0.3) is 0 Å². The summed E-state index contributed by atoms with van der Waals surface area (Å²) >= 11 is 0. The summed E-state index contributed by atoms with van der Waals surface area (Å²) in [5.74, 6) is 0.0636. The molecule has 72 valence electrons. The molecule has 1 aromatic rings. The number of hydrogen-bond donors (Lipinski definition) is 1. The lowest BCUT2D eigenvalue weighted by Crippen LogP contribution is -2.39. The topological polar surface area (TPSA) is 37.3 Å². The van der Waals surface area contributed by atoms with Gasteiger partial charge in [-0.3, -0.25) is 9.47 Å². The molecule has 1 rings (SSSR count). The van der Waals surface area contributed by atoms with Crippen LogP contribution in [0, 0.1) is 0 Å². The first-order valence-corrected chi connectivity index (χ1v) is 4.22. The molecular weight excluding hydrogens is 166 g/mol. The number of carbonyl (C=O) groups is 1. The first-order valence-electron chi connectivity index (χ1n) is 4.22. The summed E-state index contributed by atoms with van der Waals surface area (Å²) in [5.41, 5.74) is 3.03. The first kappa shape index (κ1) is 9.64. The second-order valence-corrected chi connectivity index (χ2v) is 3.17. The molecule has 1 N–H and O–H groups in total. The molecule has 1 atom stereocenters. The van der Waals surface area contributed by atoms with Gasteiger partial charge in [-0.1, -0.05) is 0 Å². The van der Waals surface area contributed by atoms with Gasteiger partial charge in [-0.15, -0.1) is 0 Å². The monoisotopic (exact) mass is 181 g/mol. The van der Waals surface area contributed by atoms with Crippen LogP contribution in [0.1, 0.15) is 6.92 Å². The molecular formula is C9H15N3O. The molecule has 1 aromatic heterocycles. The van der Waals surface area contributed by atoms with E-state index in [9.17, 15) is 4.79 Å². The highest BCUT2D eigenvalue weighted by Gasteiger charge is 2.13. The Balaban J connectivity index is 2.51. The number of aromatic nitrogens is 1. The van der Waals surface area contributed by atoms with Crippen molar-refractivity contribution < 1.29 is 4.79 Å². The highest BCUT2D eigenvalue weighted by molar-refractivity contribution is 5.82. The van der Waals surface area contributed by atoms with E-state index < -0.39 is 0 Å². The van der Waals surface area contributed by atoms with Gasteiger partial charge in [0.25, 0.3) is 0 Å². The van der Waals surface area contributed by atoms with Crippen LogP contribution in [0.15, 0.2) is 24.5 Å². The number of nitrogens with zero attached hydrogens (tertiary/aromatic N) is 2. The maximum Gasteiger partial charge on any atom is 0.245 e. The van der Waals surface area contributed by atoms with Gasteiger partial charge in [0.1, 0.15) is 6.04 Å². The van der Waals surface area contributed by atoms with Gasteiger partial charge in [0.2, 0.25) is 5.91 Å². The average Bonchev–Trinajstić information content (AvgIpc) is 2.55. The number of nitrogens with one attached hydrogen (secondary N) is 1. The van der Waals surface area contributed by atoms with E-state index in [4.69, 9.17) is 0 Å². The summed E-state index contributed by atoms with van der Waals surface area (Å²) in [6, 6.07) is 3.60. The van der Waals surface area contributed by atoms with Crippen LogP contribution in [0.2, 0.25) is 0 Å². The minimum absolute atomic E-state index is 0.0636. The van der Waals surface area contributed by atoms with Gasteiger partial charge in [-0.2, -0.15) is 0 Å². The molecule has 0 aliphatic carbocycles. The standard InChI is InChI=1S/C9H15N3O/c1-8(9(13)11(2)3)10-12-6-4-5-7-12/h4-8,10H,1-3H3. The van der Waals surface area contributed by atoms with E-state index in [1.807, 2.05) is 31.5 Å². The van der Waals surface area contributed by atoms with Crippen LogP contribution < -0.4 is 5.43 Å². The SMILES string of the molecule is CC(Nn1cccc1)C(=O)N(C)C. The molecule has 0 radical (unpaired) electrons. The second kappa shape index (κ2) is 3.98. The van der Waals surface area contributed by atoms with Gasteiger partial charge in [0.15, 0.2) is 0 Å². The molecule has 0 saturated carbocycles. The second-order valence-electron chi connectivity index (χ2n) is 3.17. The summed E-state index contributed by atoms with van der Waals surface area (Å²) in [6.07, 6.45) is 3.72. The Morgan fingerprint density at radius 2 is 1.92 bits per heavy atom. The number of likely N-dealkylation sites (N-methyl/N-ethyl adjacent to an activating group) is 1. The maximum atomic E-state index is 11.4. The molecule has 1 amide bonds. The molecule has 0 aliphatic rings. The van der Waals surface area contributed by atoms with Gasteiger partial charge in [0, 0.05) is 26.5 Å². The highest BCUT2D eigenvalue weighted by atomic mass is 16.2. The minimum atomic E-state index is -0.206. The van der Waals surface area contributed by atoms with Crippen molar-refractivity contribution in [3.8, 4) is 0 Å². The fourth-order valence-electron chi connectivity index (χ4n) is 1.09. The van der Waals surface area contributed by atoms with Gasteiger partial charge < -0.3 is 10.3 Å². The van der Waals surface area contributed by atoms with Gasteiger partial charge in [-0.25, -0.2) is 0 Å². The van der Waals surface area contributed by atoms with Crippen molar-refractivity contribution in [2.24, 2.45) is 0 Å². The predicted octanol–water partition coefficient (Wildman–Crippen LogP) is 0.508. The summed E-state index contributed by atoms with van der Waals surface area (Å²) < 4.78 is 1.77. The van der Waals surface area contributed by atoms with Crippen molar-refractivity contribution in [2.45, 2.75) is 13.0 Å². The smallest absolute Gasteiger partial charge is 0.245 e. The largest absolute Gasteiger partial charge is 0.347 e. The van der Waals surface area contributed by atoms with Crippen molar-refractivity contribution >= 4 is 5.91 Å². The molecule has 4 nitrogen and oxygen atoms in total. The number of amides is 1. The maximum absolute atomic E-state index is 11.4. The highest BCUT2D eigenvalue weighted by Crippen LogP contribution is 1.93. The Hall–Kier alpha value is -1.45. The Bertz CT molecular complexity index is 266. The zero-order valence-electron chi connectivity index (χ0n) is 8.19. The molecule has 13 heavy (non-hydrogen) atoms. The number of rotatable bonds is 3. The van der Waals surface area contributed by atoms with E-state index in [1.165, 1.54) is 0 Å². The molecule has 0 fully saturated rings. The molecule has 0 bridgehead atoms. The molecule has 4 heteroatoms. The molecule has 1 heterocycles. The zero-order valence-corrected chi connectivity index (χ0v) is 8.19. The fourth-order valence-corrected chi connectivity index (χ4v) is 1.09. The van der Waals surface area contributed by atoms with Crippen molar-refractivity contribution in [3.05, 3.63) is 24.5 Å². The van der Waals surface area contributed by atoms with Crippen molar-refractivity contribution in [1.82, 2.24) is 9.58 Å². The lowest BCUT2D eigenvalue weighted by molar-refractivity contribution is -0.129. The van der Waals surface area contributed by atoms with E-state index in [-0.39, 0.29) is 11.9 Å². The quantitative estimate of drug-likeness (QED) is 0.737. The van der Waals surface area contributed by atoms with Gasteiger partial charge >= 0.3 is 0 Å². The summed E-state index contributed by atoms with van der Waals surface area (Å²) in [4.78, 5) is 13.0. The average molecular weight is 181 g/mol. The van der Waals surface area contributed by atoms with Crippen LogP contribution in [0.3, 0.4) is 0 Å². The van der Waals surface area contributed by atoms with Gasteiger partial charge in [-0.05, 0) is 19.1 Å². The first-order chi connectivity index (χ1) is 6.11. The third-order valence-electron chi connectivity index (χ3n) is 1.76. The molecule has 0 saturated heterocycles. The Kier molecular flexibility index (Phi) is 2.95. The van der Waals surface area contributed by atoms with Crippen LogP contribution in [-0.4, -0.2) is 35.6 Å². The van der Waals surface area contributed by atoms with Crippen LogP contribution in [0.5, 0.6) is 0 Å². The lowest BCUT2D eigenvalue weighted by atomic mass is 10.3. The number of hydrogen-bond acceptors (Lipinski definition) is 2. The molecule has 0 spiro atoms. The summed E-state index contributed by atoms with van der Waals surface area (Å²) in [7, 11) is 3.49. The van der Waals surface area contributed by atoms with Crippen LogP contribution in [0.4, 0.5) is 0 Å². The third kappa shape index (κ3) is 2.50. The number of carbonyl (C=O) groups excluding carboxylic acids is 1. The third-order valence-corrected chi connectivity index (χ3v) is 1.76. The van der Waals surface area contributed by atoms with Crippen LogP contribution >= 0.6 is 0 Å². The van der Waals surface area contributed by atoms with E-state index in [0.717, 1.165) is 0 Å². The van der Waals surface area contributed by atoms with Crippen molar-refractivity contribution in [2.75, 3.05) is 19.5 Å². The van der Waals surface area contributed by atoms with E-state index >= 15 is 0 Å². The van der Waals surface area contributed by atoms with Crippen LogP contribution in [-0.2, 0) is 4.79 Å².